The molecule has 0 saturated heterocycles. The van der Waals surface area contributed by atoms with E-state index in [2.05, 4.69) is 31.4 Å². The van der Waals surface area contributed by atoms with Crippen LogP contribution in [0.3, 0.4) is 0 Å². The summed E-state index contributed by atoms with van der Waals surface area (Å²) in [5.74, 6) is -3.57. The van der Waals surface area contributed by atoms with E-state index in [0.29, 0.717) is 4.47 Å². The number of carboxylic acid groups (broad SMARTS) is 1. The summed E-state index contributed by atoms with van der Waals surface area (Å²) in [6.45, 7) is 0. The van der Waals surface area contributed by atoms with Crippen molar-refractivity contribution in [1.29, 1.82) is 0 Å². The molecule has 0 spiro atoms. The lowest BCUT2D eigenvalue weighted by molar-refractivity contribution is 0.0691. The number of benzene rings is 1. The summed E-state index contributed by atoms with van der Waals surface area (Å²) < 4.78 is 33.6. The zero-order valence-corrected chi connectivity index (χ0v) is 12.7. The number of aromatic nitrogens is 2. The fourth-order valence-electron chi connectivity index (χ4n) is 1.93. The second kappa shape index (κ2) is 5.47. The van der Waals surface area contributed by atoms with Crippen molar-refractivity contribution in [3.63, 3.8) is 0 Å². The summed E-state index contributed by atoms with van der Waals surface area (Å²) in [7, 11) is 0. The van der Waals surface area contributed by atoms with Crippen LogP contribution in [-0.2, 0) is 0 Å². The van der Waals surface area contributed by atoms with Crippen molar-refractivity contribution in [2.75, 3.05) is 11.1 Å². The maximum Gasteiger partial charge on any atom is 0.356 e. The Labute approximate surface area is 135 Å². The molecule has 0 fully saturated rings. The van der Waals surface area contributed by atoms with Gasteiger partial charge < -0.3 is 20.7 Å². The molecule has 0 radical (unpaired) electrons. The van der Waals surface area contributed by atoms with Gasteiger partial charge in [0.25, 0.3) is 0 Å². The van der Waals surface area contributed by atoms with Crippen molar-refractivity contribution in [2.24, 2.45) is 0 Å². The molecule has 0 atom stereocenters. The number of carbonyl (C=O) groups is 1. The van der Waals surface area contributed by atoms with Gasteiger partial charge in [0.2, 0.25) is 5.58 Å². The third-order valence-corrected chi connectivity index (χ3v) is 3.46. The zero-order chi connectivity index (χ0) is 16.7. The van der Waals surface area contributed by atoms with E-state index in [1.54, 1.807) is 0 Å². The number of nitrogens with one attached hydrogen (secondary N) is 1. The van der Waals surface area contributed by atoms with Crippen LogP contribution in [0, 0.1) is 11.6 Å². The van der Waals surface area contributed by atoms with E-state index in [1.807, 2.05) is 0 Å². The number of hydrogen-bond acceptors (Lipinski definition) is 6. The molecule has 3 aromatic rings. The van der Waals surface area contributed by atoms with Gasteiger partial charge in [-0.3, -0.25) is 0 Å². The van der Waals surface area contributed by atoms with Crippen LogP contribution in [0.1, 0.15) is 10.5 Å². The zero-order valence-electron chi connectivity index (χ0n) is 11.1. The highest BCUT2D eigenvalue weighted by Crippen LogP contribution is 2.32. The topological polar surface area (TPSA) is 114 Å². The third-order valence-electron chi connectivity index (χ3n) is 2.97. The van der Waals surface area contributed by atoms with Crippen LogP contribution in [0.2, 0.25) is 0 Å². The number of aromatic carboxylic acids is 1. The molecule has 1 aromatic carbocycles. The van der Waals surface area contributed by atoms with E-state index in [0.717, 1.165) is 6.07 Å². The molecule has 23 heavy (non-hydrogen) atoms. The van der Waals surface area contributed by atoms with Gasteiger partial charge in [-0.15, -0.1) is 0 Å². The molecule has 0 amide bonds. The highest BCUT2D eigenvalue weighted by molar-refractivity contribution is 9.10. The first-order valence-electron chi connectivity index (χ1n) is 6.08. The molecule has 10 heteroatoms. The first-order valence-corrected chi connectivity index (χ1v) is 6.87. The van der Waals surface area contributed by atoms with Gasteiger partial charge in [0, 0.05) is 4.47 Å². The van der Waals surface area contributed by atoms with Gasteiger partial charge in [0.1, 0.15) is 11.5 Å². The average Bonchev–Trinajstić information content (AvgIpc) is 2.85. The summed E-state index contributed by atoms with van der Waals surface area (Å²) in [5.41, 5.74) is 3.44. The highest BCUT2D eigenvalue weighted by Gasteiger charge is 2.25. The number of anilines is 3. The molecular weight excluding hydrogens is 378 g/mol. The summed E-state index contributed by atoms with van der Waals surface area (Å²) in [4.78, 5) is 15.0. The van der Waals surface area contributed by atoms with Crippen LogP contribution in [0.15, 0.2) is 27.2 Å². The molecule has 0 aliphatic heterocycles. The molecule has 0 bridgehead atoms. The summed E-state index contributed by atoms with van der Waals surface area (Å²) in [6, 6.07) is 3.95. The number of hydrogen-bond donors (Lipinski definition) is 3. The SMILES string of the molecule is Nc1noc2c(F)c(Nc3ccc(Br)cc3F)c(C(=O)O)nc12. The van der Waals surface area contributed by atoms with Crippen molar-refractivity contribution in [3.05, 3.63) is 40.0 Å². The van der Waals surface area contributed by atoms with E-state index in [9.17, 15) is 18.7 Å². The van der Waals surface area contributed by atoms with Crippen molar-refractivity contribution in [2.45, 2.75) is 0 Å². The fraction of sp³-hybridized carbons (Fsp3) is 0. The highest BCUT2D eigenvalue weighted by atomic mass is 79.9. The molecule has 0 saturated carbocycles. The largest absolute Gasteiger partial charge is 0.476 e. The lowest BCUT2D eigenvalue weighted by Crippen LogP contribution is -2.09. The van der Waals surface area contributed by atoms with E-state index < -0.39 is 34.6 Å². The van der Waals surface area contributed by atoms with Gasteiger partial charge in [-0.1, -0.05) is 21.1 Å². The second-order valence-corrected chi connectivity index (χ2v) is 5.36. The Morgan fingerprint density at radius 3 is 2.78 bits per heavy atom. The van der Waals surface area contributed by atoms with Gasteiger partial charge in [-0.2, -0.15) is 0 Å². The quantitative estimate of drug-likeness (QED) is 0.634. The van der Waals surface area contributed by atoms with Gasteiger partial charge in [0.05, 0.1) is 5.69 Å². The van der Waals surface area contributed by atoms with Crippen LogP contribution >= 0.6 is 15.9 Å². The van der Waals surface area contributed by atoms with E-state index >= 15 is 0 Å². The molecule has 2 heterocycles. The van der Waals surface area contributed by atoms with Crippen molar-refractivity contribution < 1.29 is 23.2 Å². The van der Waals surface area contributed by atoms with Crippen molar-refractivity contribution >= 4 is 50.2 Å². The Kier molecular flexibility index (Phi) is 3.60. The first kappa shape index (κ1) is 15.2. The standard InChI is InChI=1S/C13H7BrF2N4O3/c14-4-1-2-6(5(15)3-4)18-8-7(16)11-10(12(17)20-23-11)19-9(8)13(21)22/h1-3,18H,(H2,17,20)(H,21,22). The monoisotopic (exact) mass is 384 g/mol. The Balaban J connectivity index is 2.21. The number of fused-ring (bicyclic) bond motifs is 1. The van der Waals surface area contributed by atoms with Crippen LogP contribution in [0.5, 0.6) is 0 Å². The molecule has 0 unspecified atom stereocenters. The van der Waals surface area contributed by atoms with E-state index in [1.165, 1.54) is 12.1 Å². The van der Waals surface area contributed by atoms with Crippen LogP contribution in [0.25, 0.3) is 11.1 Å². The van der Waals surface area contributed by atoms with Crippen molar-refractivity contribution in [1.82, 2.24) is 10.1 Å². The molecule has 118 valence electrons. The second-order valence-electron chi connectivity index (χ2n) is 4.45. The minimum absolute atomic E-state index is 0.136. The van der Waals surface area contributed by atoms with Gasteiger partial charge in [-0.25, -0.2) is 18.6 Å². The molecule has 0 aliphatic rings. The minimum Gasteiger partial charge on any atom is -0.476 e. The number of nitrogens with zero attached hydrogens (tertiary/aromatic N) is 2. The van der Waals surface area contributed by atoms with Gasteiger partial charge >= 0.3 is 5.97 Å². The van der Waals surface area contributed by atoms with Gasteiger partial charge in [0.15, 0.2) is 22.8 Å². The number of pyridine rings is 1. The average molecular weight is 385 g/mol. The predicted molar refractivity (Wildman–Crippen MR) is 80.5 cm³/mol. The summed E-state index contributed by atoms with van der Waals surface area (Å²) in [5, 5.41) is 14.9. The van der Waals surface area contributed by atoms with Crippen LogP contribution < -0.4 is 11.1 Å². The van der Waals surface area contributed by atoms with Crippen LogP contribution in [0.4, 0.5) is 26.0 Å². The minimum atomic E-state index is -1.52. The number of nitrogen functional groups attached to an aromatic ring is 1. The maximum absolute atomic E-state index is 14.5. The van der Waals surface area contributed by atoms with Crippen LogP contribution in [-0.4, -0.2) is 21.2 Å². The Hall–Kier alpha value is -2.75. The first-order chi connectivity index (χ1) is 10.9. The number of carboxylic acids is 1. The Morgan fingerprint density at radius 2 is 2.13 bits per heavy atom. The maximum atomic E-state index is 14.5. The molecule has 4 N–H and O–H groups in total. The van der Waals surface area contributed by atoms with Gasteiger partial charge in [-0.05, 0) is 18.2 Å². The molecule has 0 aliphatic carbocycles. The molecular formula is C13H7BrF2N4O3. The number of rotatable bonds is 3. The van der Waals surface area contributed by atoms with E-state index in [4.69, 9.17) is 10.3 Å². The fourth-order valence-corrected chi connectivity index (χ4v) is 2.26. The third kappa shape index (κ3) is 2.57. The van der Waals surface area contributed by atoms with E-state index in [-0.39, 0.29) is 17.0 Å². The normalized spacial score (nSPS) is 10.9. The molecule has 3 rings (SSSR count). The number of halogens is 3. The predicted octanol–water partition coefficient (Wildman–Crippen LogP) is 3.29. The lowest BCUT2D eigenvalue weighted by atomic mass is 10.2. The lowest BCUT2D eigenvalue weighted by Gasteiger charge is -2.11. The smallest absolute Gasteiger partial charge is 0.356 e. The molecule has 2 aromatic heterocycles. The Morgan fingerprint density at radius 1 is 1.39 bits per heavy atom. The van der Waals surface area contributed by atoms with Crippen molar-refractivity contribution in [3.8, 4) is 0 Å². The number of nitrogens with two attached hydrogens (primary N) is 1. The summed E-state index contributed by atoms with van der Waals surface area (Å²) in [6.07, 6.45) is 0. The Bertz CT molecular complexity index is 945. The summed E-state index contributed by atoms with van der Waals surface area (Å²) >= 11 is 3.08. The molecule has 7 nitrogen and oxygen atoms in total.